The highest BCUT2D eigenvalue weighted by atomic mass is 35.5. The molecule has 1 aliphatic rings. The third kappa shape index (κ3) is 2.14. The molecule has 1 aromatic rings. The molecule has 1 aliphatic heterocycles. The minimum Gasteiger partial charge on any atom is -0.486 e. The summed E-state index contributed by atoms with van der Waals surface area (Å²) in [5, 5.41) is 0.433. The third-order valence-electron chi connectivity index (χ3n) is 2.41. The fraction of sp³-hybridized carbons (Fsp3) is 0.417. The zero-order valence-corrected chi connectivity index (χ0v) is 9.84. The first-order valence-corrected chi connectivity index (χ1v) is 5.72. The van der Waals surface area contributed by atoms with Crippen LogP contribution in [0.1, 0.15) is 30.1 Å². The van der Waals surface area contributed by atoms with Crippen molar-refractivity contribution in [3.8, 4) is 11.5 Å². The molecule has 0 radical (unpaired) electrons. The first kappa shape index (κ1) is 11.3. The van der Waals surface area contributed by atoms with Gasteiger partial charge < -0.3 is 9.47 Å². The Morgan fingerprint density at radius 1 is 1.31 bits per heavy atom. The summed E-state index contributed by atoms with van der Waals surface area (Å²) in [7, 11) is 0. The van der Waals surface area contributed by atoms with E-state index in [1.54, 1.807) is 12.1 Å². The summed E-state index contributed by atoms with van der Waals surface area (Å²) in [4.78, 5) is 11.8. The van der Waals surface area contributed by atoms with Crippen LogP contribution in [-0.2, 0) is 0 Å². The summed E-state index contributed by atoms with van der Waals surface area (Å²) in [6.45, 7) is 2.99. The number of carbonyl (C=O) groups is 1. The van der Waals surface area contributed by atoms with E-state index in [9.17, 15) is 4.79 Å². The molecular weight excluding hydrogens is 228 g/mol. The lowest BCUT2D eigenvalue weighted by Gasteiger charge is -2.19. The molecule has 0 spiro atoms. The number of hydrogen-bond acceptors (Lipinski definition) is 3. The van der Waals surface area contributed by atoms with Crippen LogP contribution in [-0.4, -0.2) is 19.0 Å². The Bertz CT molecular complexity index is 415. The molecule has 0 atom stereocenters. The predicted molar refractivity (Wildman–Crippen MR) is 61.7 cm³/mol. The van der Waals surface area contributed by atoms with Crippen molar-refractivity contribution in [2.75, 3.05) is 13.2 Å². The minimum atomic E-state index is 0.0458. The highest BCUT2D eigenvalue weighted by Gasteiger charge is 2.18. The van der Waals surface area contributed by atoms with Crippen molar-refractivity contribution in [3.63, 3.8) is 0 Å². The number of ketones is 1. The van der Waals surface area contributed by atoms with E-state index >= 15 is 0 Å². The molecule has 86 valence electrons. The van der Waals surface area contributed by atoms with Gasteiger partial charge in [-0.3, -0.25) is 4.79 Å². The zero-order valence-electron chi connectivity index (χ0n) is 9.09. The van der Waals surface area contributed by atoms with Crippen LogP contribution in [0.2, 0.25) is 5.02 Å². The molecule has 1 aromatic carbocycles. The molecule has 2 rings (SSSR count). The SMILES string of the molecule is CCCC(=O)c1cc2c(cc1Cl)OCCO2. The maximum atomic E-state index is 11.8. The van der Waals surface area contributed by atoms with Crippen molar-refractivity contribution in [1.82, 2.24) is 0 Å². The Morgan fingerprint density at radius 3 is 2.56 bits per heavy atom. The molecule has 4 heteroatoms. The highest BCUT2D eigenvalue weighted by Crippen LogP contribution is 2.35. The van der Waals surface area contributed by atoms with Crippen molar-refractivity contribution in [3.05, 3.63) is 22.7 Å². The van der Waals surface area contributed by atoms with E-state index in [-0.39, 0.29) is 5.78 Å². The van der Waals surface area contributed by atoms with Crippen LogP contribution in [0.3, 0.4) is 0 Å². The summed E-state index contributed by atoms with van der Waals surface area (Å²) in [5.41, 5.74) is 0.521. The fourth-order valence-corrected chi connectivity index (χ4v) is 1.90. The molecule has 0 saturated heterocycles. The van der Waals surface area contributed by atoms with E-state index < -0.39 is 0 Å². The van der Waals surface area contributed by atoms with Crippen molar-refractivity contribution in [2.24, 2.45) is 0 Å². The number of ether oxygens (including phenoxy) is 2. The lowest BCUT2D eigenvalue weighted by Crippen LogP contribution is -2.16. The molecule has 0 amide bonds. The summed E-state index contributed by atoms with van der Waals surface area (Å²) >= 11 is 6.04. The van der Waals surface area contributed by atoms with Gasteiger partial charge in [0.05, 0.1) is 5.02 Å². The maximum Gasteiger partial charge on any atom is 0.164 e. The largest absolute Gasteiger partial charge is 0.486 e. The molecule has 0 aromatic heterocycles. The van der Waals surface area contributed by atoms with Gasteiger partial charge in [-0.05, 0) is 12.5 Å². The Labute approximate surface area is 99.3 Å². The molecular formula is C12H13ClO3. The number of halogens is 1. The Morgan fingerprint density at radius 2 is 1.94 bits per heavy atom. The maximum absolute atomic E-state index is 11.8. The number of carbonyl (C=O) groups excluding carboxylic acids is 1. The van der Waals surface area contributed by atoms with Crippen LogP contribution < -0.4 is 9.47 Å². The molecule has 0 saturated carbocycles. The molecule has 0 aliphatic carbocycles. The second kappa shape index (κ2) is 4.74. The minimum absolute atomic E-state index is 0.0458. The van der Waals surface area contributed by atoms with Crippen molar-refractivity contribution in [1.29, 1.82) is 0 Å². The van der Waals surface area contributed by atoms with Gasteiger partial charge in [0.25, 0.3) is 0 Å². The Hall–Kier alpha value is -1.22. The van der Waals surface area contributed by atoms with Gasteiger partial charge >= 0.3 is 0 Å². The predicted octanol–water partition coefficient (Wildman–Crippen LogP) is 3.09. The third-order valence-corrected chi connectivity index (χ3v) is 2.72. The van der Waals surface area contributed by atoms with Gasteiger partial charge in [-0.25, -0.2) is 0 Å². The lowest BCUT2D eigenvalue weighted by molar-refractivity contribution is 0.0980. The van der Waals surface area contributed by atoms with Crippen LogP contribution in [0.15, 0.2) is 12.1 Å². The summed E-state index contributed by atoms with van der Waals surface area (Å²) < 4.78 is 10.8. The average molecular weight is 241 g/mol. The van der Waals surface area contributed by atoms with Gasteiger partial charge in [0, 0.05) is 18.1 Å². The van der Waals surface area contributed by atoms with Gasteiger partial charge in [-0.2, -0.15) is 0 Å². The van der Waals surface area contributed by atoms with Crippen molar-refractivity contribution in [2.45, 2.75) is 19.8 Å². The van der Waals surface area contributed by atoms with E-state index in [1.165, 1.54) is 0 Å². The molecule has 0 fully saturated rings. The monoisotopic (exact) mass is 240 g/mol. The summed E-state index contributed by atoms with van der Waals surface area (Å²) in [5.74, 6) is 1.27. The van der Waals surface area contributed by atoms with E-state index in [4.69, 9.17) is 21.1 Å². The average Bonchev–Trinajstić information content (AvgIpc) is 2.28. The van der Waals surface area contributed by atoms with Crippen LogP contribution in [0.5, 0.6) is 11.5 Å². The highest BCUT2D eigenvalue weighted by molar-refractivity contribution is 6.34. The van der Waals surface area contributed by atoms with Crippen LogP contribution >= 0.6 is 11.6 Å². The first-order chi connectivity index (χ1) is 7.72. The van der Waals surface area contributed by atoms with Gasteiger partial charge in [-0.15, -0.1) is 0 Å². The first-order valence-electron chi connectivity index (χ1n) is 5.34. The van der Waals surface area contributed by atoms with E-state index in [0.29, 0.717) is 41.7 Å². The van der Waals surface area contributed by atoms with Gasteiger partial charge in [0.1, 0.15) is 13.2 Å². The van der Waals surface area contributed by atoms with Crippen molar-refractivity contribution < 1.29 is 14.3 Å². The lowest BCUT2D eigenvalue weighted by atomic mass is 10.1. The Balaban J connectivity index is 2.35. The number of Topliss-reactive ketones (excluding diaryl/α,β-unsaturated/α-hetero) is 1. The Kier molecular flexibility index (Phi) is 3.34. The number of hydrogen-bond donors (Lipinski definition) is 0. The standard InChI is InChI=1S/C12H13ClO3/c1-2-3-10(14)8-6-11-12(7-9(8)13)16-5-4-15-11/h6-7H,2-5H2,1H3. The summed E-state index contributed by atoms with van der Waals surface area (Å²) in [6.07, 6.45) is 1.31. The zero-order chi connectivity index (χ0) is 11.5. The second-order valence-electron chi connectivity index (χ2n) is 3.65. The van der Waals surface area contributed by atoms with Crippen LogP contribution in [0, 0.1) is 0 Å². The van der Waals surface area contributed by atoms with Gasteiger partial charge in [0.2, 0.25) is 0 Å². The quantitative estimate of drug-likeness (QED) is 0.762. The van der Waals surface area contributed by atoms with E-state index in [2.05, 4.69) is 0 Å². The smallest absolute Gasteiger partial charge is 0.164 e. The molecule has 16 heavy (non-hydrogen) atoms. The van der Waals surface area contributed by atoms with Crippen LogP contribution in [0.25, 0.3) is 0 Å². The molecule has 1 heterocycles. The van der Waals surface area contributed by atoms with Gasteiger partial charge in [0.15, 0.2) is 17.3 Å². The normalized spacial score (nSPS) is 13.6. The number of rotatable bonds is 3. The van der Waals surface area contributed by atoms with E-state index in [0.717, 1.165) is 6.42 Å². The number of benzene rings is 1. The molecule has 0 N–H and O–H groups in total. The van der Waals surface area contributed by atoms with Crippen molar-refractivity contribution >= 4 is 17.4 Å². The van der Waals surface area contributed by atoms with Gasteiger partial charge in [-0.1, -0.05) is 18.5 Å². The topological polar surface area (TPSA) is 35.5 Å². The molecule has 0 unspecified atom stereocenters. The molecule has 3 nitrogen and oxygen atoms in total. The molecule has 0 bridgehead atoms. The summed E-state index contributed by atoms with van der Waals surface area (Å²) in [6, 6.07) is 3.33. The van der Waals surface area contributed by atoms with Crippen LogP contribution in [0.4, 0.5) is 0 Å². The number of fused-ring (bicyclic) bond motifs is 1. The van der Waals surface area contributed by atoms with E-state index in [1.807, 2.05) is 6.92 Å². The second-order valence-corrected chi connectivity index (χ2v) is 4.06. The fourth-order valence-electron chi connectivity index (χ4n) is 1.64.